The molecule has 0 saturated carbocycles. The summed E-state index contributed by atoms with van der Waals surface area (Å²) in [5.74, 6) is -0.820. The van der Waals surface area contributed by atoms with E-state index in [4.69, 9.17) is 58.6 Å². The SMILES string of the molecule is CC(C)C(=O)N[C@@H](NC(=S)Nc1cc(C(F)(F)F)ccc1Cl)C(Cl)(Cl)Cl. The van der Waals surface area contributed by atoms with Crippen molar-refractivity contribution in [1.29, 1.82) is 0 Å². The van der Waals surface area contributed by atoms with Gasteiger partial charge in [0.25, 0.3) is 0 Å². The number of amides is 1. The molecule has 0 radical (unpaired) electrons. The van der Waals surface area contributed by atoms with Gasteiger partial charge in [0.2, 0.25) is 9.70 Å². The third kappa shape index (κ3) is 7.15. The molecule has 0 aliphatic rings. The molecule has 1 aromatic carbocycles. The standard InChI is InChI=1S/C14H14Cl4F3N3OS/c1-6(2)10(25)23-11(13(16,17)18)24-12(26)22-9-5-7(14(19,20)21)3-4-8(9)15/h3-6,11H,1-2H3,(H,23,25)(H2,22,24,26)/t11-/m0/s1. The summed E-state index contributed by atoms with van der Waals surface area (Å²) in [6.07, 6.45) is -5.78. The number of benzene rings is 1. The van der Waals surface area contributed by atoms with Crippen LogP contribution in [0.15, 0.2) is 18.2 Å². The van der Waals surface area contributed by atoms with Crippen molar-refractivity contribution < 1.29 is 18.0 Å². The molecule has 1 rings (SSSR count). The van der Waals surface area contributed by atoms with Crippen molar-refractivity contribution in [2.24, 2.45) is 5.92 Å². The zero-order chi connectivity index (χ0) is 20.3. The van der Waals surface area contributed by atoms with E-state index in [1.165, 1.54) is 0 Å². The molecule has 3 N–H and O–H groups in total. The predicted molar refractivity (Wildman–Crippen MR) is 103 cm³/mol. The van der Waals surface area contributed by atoms with E-state index in [-0.39, 0.29) is 15.8 Å². The number of rotatable bonds is 4. The first-order chi connectivity index (χ1) is 11.7. The van der Waals surface area contributed by atoms with E-state index in [0.29, 0.717) is 0 Å². The molecule has 0 spiro atoms. The van der Waals surface area contributed by atoms with Gasteiger partial charge in [0.15, 0.2) is 5.11 Å². The minimum Gasteiger partial charge on any atom is -0.339 e. The molecule has 0 aliphatic carbocycles. The molecule has 0 saturated heterocycles. The van der Waals surface area contributed by atoms with E-state index in [2.05, 4.69) is 16.0 Å². The number of hydrogen-bond acceptors (Lipinski definition) is 2. The lowest BCUT2D eigenvalue weighted by atomic mass is 10.2. The largest absolute Gasteiger partial charge is 0.416 e. The van der Waals surface area contributed by atoms with Crippen LogP contribution in [0, 0.1) is 5.92 Å². The van der Waals surface area contributed by atoms with E-state index < -0.39 is 33.5 Å². The van der Waals surface area contributed by atoms with Gasteiger partial charge in [0.1, 0.15) is 6.17 Å². The molecule has 1 atom stereocenters. The Kier molecular flexibility index (Phi) is 8.10. The first-order valence-electron chi connectivity index (χ1n) is 7.03. The van der Waals surface area contributed by atoms with Crippen LogP contribution in [-0.2, 0) is 11.0 Å². The number of anilines is 1. The van der Waals surface area contributed by atoms with Crippen LogP contribution in [0.4, 0.5) is 18.9 Å². The third-order valence-corrected chi connectivity index (χ3v) is 4.16. The van der Waals surface area contributed by atoms with Gasteiger partial charge < -0.3 is 16.0 Å². The number of nitrogens with one attached hydrogen (secondary N) is 3. The zero-order valence-electron chi connectivity index (χ0n) is 13.3. The van der Waals surface area contributed by atoms with Gasteiger partial charge in [-0.1, -0.05) is 60.3 Å². The van der Waals surface area contributed by atoms with Crippen LogP contribution in [0.25, 0.3) is 0 Å². The summed E-state index contributed by atoms with van der Waals surface area (Å²) in [6.45, 7) is 3.26. The maximum absolute atomic E-state index is 12.8. The molecule has 26 heavy (non-hydrogen) atoms. The number of thiocarbonyl (C=S) groups is 1. The summed E-state index contributed by atoms with van der Waals surface area (Å²) in [5.41, 5.74) is -1.02. The van der Waals surface area contributed by atoms with Gasteiger partial charge in [-0.25, -0.2) is 0 Å². The lowest BCUT2D eigenvalue weighted by Gasteiger charge is -2.28. The number of halogens is 7. The van der Waals surface area contributed by atoms with Crippen molar-refractivity contribution in [3.05, 3.63) is 28.8 Å². The number of hydrogen-bond donors (Lipinski definition) is 3. The van der Waals surface area contributed by atoms with Crippen LogP contribution in [0.5, 0.6) is 0 Å². The van der Waals surface area contributed by atoms with Crippen LogP contribution in [0.2, 0.25) is 5.02 Å². The van der Waals surface area contributed by atoms with Gasteiger partial charge in [-0.05, 0) is 30.4 Å². The van der Waals surface area contributed by atoms with Crippen molar-refractivity contribution in [2.45, 2.75) is 30.0 Å². The molecule has 0 aliphatic heterocycles. The monoisotopic (exact) mass is 469 g/mol. The second-order valence-corrected chi connectivity index (χ2v) is 8.61. The third-order valence-electron chi connectivity index (χ3n) is 2.96. The molecular weight excluding hydrogens is 457 g/mol. The smallest absolute Gasteiger partial charge is 0.339 e. The zero-order valence-corrected chi connectivity index (χ0v) is 17.2. The average Bonchev–Trinajstić information content (AvgIpc) is 2.46. The van der Waals surface area contributed by atoms with E-state index in [1.54, 1.807) is 13.8 Å². The van der Waals surface area contributed by atoms with Gasteiger partial charge in [-0.2, -0.15) is 13.2 Å². The van der Waals surface area contributed by atoms with Gasteiger partial charge in [-0.3, -0.25) is 4.79 Å². The maximum Gasteiger partial charge on any atom is 0.416 e. The molecule has 4 nitrogen and oxygen atoms in total. The Balaban J connectivity index is 2.94. The van der Waals surface area contributed by atoms with E-state index >= 15 is 0 Å². The van der Waals surface area contributed by atoms with E-state index in [1.807, 2.05) is 0 Å². The Bertz CT molecular complexity index is 680. The summed E-state index contributed by atoms with van der Waals surface area (Å²) < 4.78 is 36.4. The number of carbonyl (C=O) groups excluding carboxylic acids is 1. The normalized spacial score (nSPS) is 13.3. The lowest BCUT2D eigenvalue weighted by Crippen LogP contribution is -2.56. The predicted octanol–water partition coefficient (Wildman–Crippen LogP) is 5.11. The quantitative estimate of drug-likeness (QED) is 0.325. The van der Waals surface area contributed by atoms with Crippen molar-refractivity contribution in [3.8, 4) is 0 Å². The summed E-state index contributed by atoms with van der Waals surface area (Å²) in [5, 5.41) is 7.25. The molecule has 146 valence electrons. The molecule has 0 heterocycles. The first-order valence-corrected chi connectivity index (χ1v) is 8.95. The number of alkyl halides is 6. The fourth-order valence-corrected chi connectivity index (χ4v) is 2.32. The molecular formula is C14H14Cl4F3N3OS. The lowest BCUT2D eigenvalue weighted by molar-refractivity contribution is -0.137. The van der Waals surface area contributed by atoms with Gasteiger partial charge in [0.05, 0.1) is 16.3 Å². The fraction of sp³-hybridized carbons (Fsp3) is 0.429. The van der Waals surface area contributed by atoms with Crippen LogP contribution < -0.4 is 16.0 Å². The van der Waals surface area contributed by atoms with Crippen LogP contribution in [0.3, 0.4) is 0 Å². The molecule has 12 heteroatoms. The van der Waals surface area contributed by atoms with Gasteiger partial charge in [-0.15, -0.1) is 0 Å². The Morgan fingerprint density at radius 2 is 1.73 bits per heavy atom. The second kappa shape index (κ2) is 9.01. The summed E-state index contributed by atoms with van der Waals surface area (Å²) in [4.78, 5) is 11.8. The topological polar surface area (TPSA) is 53.2 Å². The Labute approximate surface area is 173 Å². The summed E-state index contributed by atoms with van der Waals surface area (Å²) in [7, 11) is 0. The minimum absolute atomic E-state index is 0.00111. The summed E-state index contributed by atoms with van der Waals surface area (Å²) >= 11 is 28.3. The highest BCUT2D eigenvalue weighted by molar-refractivity contribution is 7.80. The highest BCUT2D eigenvalue weighted by atomic mass is 35.6. The molecule has 0 unspecified atom stereocenters. The van der Waals surface area contributed by atoms with Crippen molar-refractivity contribution >= 4 is 75.3 Å². The Morgan fingerprint density at radius 1 is 1.15 bits per heavy atom. The molecule has 0 fully saturated rings. The van der Waals surface area contributed by atoms with Crippen molar-refractivity contribution in [2.75, 3.05) is 5.32 Å². The molecule has 1 amide bonds. The van der Waals surface area contributed by atoms with Gasteiger partial charge >= 0.3 is 6.18 Å². The van der Waals surface area contributed by atoms with Crippen molar-refractivity contribution in [3.63, 3.8) is 0 Å². The van der Waals surface area contributed by atoms with Gasteiger partial charge in [0, 0.05) is 5.92 Å². The second-order valence-electron chi connectivity index (χ2n) is 5.43. The Morgan fingerprint density at radius 3 is 2.19 bits per heavy atom. The average molecular weight is 471 g/mol. The molecule has 0 aromatic heterocycles. The Hall–Kier alpha value is -0.670. The van der Waals surface area contributed by atoms with E-state index in [0.717, 1.165) is 18.2 Å². The minimum atomic E-state index is -4.55. The maximum atomic E-state index is 12.8. The molecule has 1 aromatic rings. The molecule has 0 bridgehead atoms. The van der Waals surface area contributed by atoms with Crippen LogP contribution in [-0.4, -0.2) is 21.0 Å². The van der Waals surface area contributed by atoms with Crippen LogP contribution in [0.1, 0.15) is 19.4 Å². The number of carbonyl (C=O) groups is 1. The summed E-state index contributed by atoms with van der Waals surface area (Å²) in [6, 6.07) is 2.69. The fourth-order valence-electron chi connectivity index (χ4n) is 1.60. The van der Waals surface area contributed by atoms with E-state index in [9.17, 15) is 18.0 Å². The van der Waals surface area contributed by atoms with Crippen LogP contribution >= 0.6 is 58.6 Å². The highest BCUT2D eigenvalue weighted by Gasteiger charge is 2.35. The highest BCUT2D eigenvalue weighted by Crippen LogP contribution is 2.34. The van der Waals surface area contributed by atoms with Crippen molar-refractivity contribution in [1.82, 2.24) is 10.6 Å². The first kappa shape index (κ1) is 23.4.